The van der Waals surface area contributed by atoms with Crippen LogP contribution in [0, 0.1) is 0 Å². The van der Waals surface area contributed by atoms with Gasteiger partial charge in [0.05, 0.1) is 0 Å². The van der Waals surface area contributed by atoms with Crippen molar-refractivity contribution in [1.29, 1.82) is 0 Å². The highest BCUT2D eigenvalue weighted by molar-refractivity contribution is 5.53. The lowest BCUT2D eigenvalue weighted by Crippen LogP contribution is -1.96. The van der Waals surface area contributed by atoms with Gasteiger partial charge in [0.15, 0.2) is 6.61 Å². The summed E-state index contributed by atoms with van der Waals surface area (Å²) in [5.41, 5.74) is 2.22. The first kappa shape index (κ1) is 14.3. The molecule has 112 valence electrons. The van der Waals surface area contributed by atoms with E-state index < -0.39 is 0 Å². The predicted molar refractivity (Wildman–Crippen MR) is 84.6 cm³/mol. The Morgan fingerprint density at radius 1 is 1.00 bits per heavy atom. The molecule has 0 saturated carbocycles. The third-order valence-corrected chi connectivity index (χ3v) is 3.41. The molecule has 0 saturated heterocycles. The average molecular weight is 294 g/mol. The standard InChI is InChI=1S/C18H18N2O2/c1-13(2)14-8-10-16(11-9-14)21-12-17-19-18(20-22-17)15-6-4-3-5-7-15/h3-11,13H,12H2,1-2H3. The molecule has 2 aromatic carbocycles. The van der Waals surface area contributed by atoms with Gasteiger partial charge in [-0.3, -0.25) is 0 Å². The highest BCUT2D eigenvalue weighted by atomic mass is 16.5. The number of nitrogens with zero attached hydrogens (tertiary/aromatic N) is 2. The van der Waals surface area contributed by atoms with Crippen molar-refractivity contribution < 1.29 is 9.26 Å². The lowest BCUT2D eigenvalue weighted by Gasteiger charge is -2.07. The molecule has 0 aliphatic heterocycles. The molecule has 4 nitrogen and oxygen atoms in total. The average Bonchev–Trinajstić information content (AvgIpc) is 3.03. The summed E-state index contributed by atoms with van der Waals surface area (Å²) in [6.45, 7) is 4.60. The van der Waals surface area contributed by atoms with E-state index in [9.17, 15) is 0 Å². The predicted octanol–water partition coefficient (Wildman–Crippen LogP) is 4.44. The molecule has 3 rings (SSSR count). The minimum absolute atomic E-state index is 0.265. The zero-order valence-corrected chi connectivity index (χ0v) is 12.7. The van der Waals surface area contributed by atoms with E-state index >= 15 is 0 Å². The van der Waals surface area contributed by atoms with Crippen LogP contribution in [-0.2, 0) is 6.61 Å². The van der Waals surface area contributed by atoms with Gasteiger partial charge in [-0.25, -0.2) is 0 Å². The van der Waals surface area contributed by atoms with Crippen LogP contribution in [0.25, 0.3) is 11.4 Å². The summed E-state index contributed by atoms with van der Waals surface area (Å²) >= 11 is 0. The fourth-order valence-electron chi connectivity index (χ4n) is 2.11. The zero-order valence-electron chi connectivity index (χ0n) is 12.7. The Bertz CT molecular complexity index is 718. The highest BCUT2D eigenvalue weighted by Gasteiger charge is 2.09. The second-order valence-corrected chi connectivity index (χ2v) is 5.39. The van der Waals surface area contributed by atoms with Gasteiger partial charge in [0, 0.05) is 5.56 Å². The quantitative estimate of drug-likeness (QED) is 0.698. The van der Waals surface area contributed by atoms with Gasteiger partial charge in [0.1, 0.15) is 5.75 Å². The smallest absolute Gasteiger partial charge is 0.264 e. The molecule has 0 spiro atoms. The number of hydrogen-bond acceptors (Lipinski definition) is 4. The van der Waals surface area contributed by atoms with Gasteiger partial charge < -0.3 is 9.26 Å². The van der Waals surface area contributed by atoms with Crippen molar-refractivity contribution in [1.82, 2.24) is 10.1 Å². The molecule has 0 aliphatic rings. The second-order valence-electron chi connectivity index (χ2n) is 5.39. The molecule has 0 amide bonds. The fraction of sp³-hybridized carbons (Fsp3) is 0.222. The van der Waals surface area contributed by atoms with E-state index in [2.05, 4.69) is 36.1 Å². The van der Waals surface area contributed by atoms with Crippen LogP contribution in [0.2, 0.25) is 0 Å². The Balaban J connectivity index is 1.63. The van der Waals surface area contributed by atoms with Crippen molar-refractivity contribution in [2.75, 3.05) is 0 Å². The lowest BCUT2D eigenvalue weighted by atomic mass is 10.0. The van der Waals surface area contributed by atoms with Crippen molar-refractivity contribution in [3.8, 4) is 17.1 Å². The molecule has 4 heteroatoms. The molecule has 1 aromatic heterocycles. The summed E-state index contributed by atoms with van der Waals surface area (Å²) in [5.74, 6) is 2.35. The largest absolute Gasteiger partial charge is 0.484 e. The lowest BCUT2D eigenvalue weighted by molar-refractivity contribution is 0.243. The number of benzene rings is 2. The maximum absolute atomic E-state index is 5.68. The minimum atomic E-state index is 0.265. The maximum Gasteiger partial charge on any atom is 0.264 e. The molecular formula is C18H18N2O2. The Morgan fingerprint density at radius 3 is 2.41 bits per heavy atom. The van der Waals surface area contributed by atoms with E-state index in [0.29, 0.717) is 17.6 Å². The Hall–Kier alpha value is -2.62. The van der Waals surface area contributed by atoms with Crippen LogP contribution in [0.3, 0.4) is 0 Å². The van der Waals surface area contributed by atoms with Crippen molar-refractivity contribution >= 4 is 0 Å². The zero-order chi connectivity index (χ0) is 15.4. The van der Waals surface area contributed by atoms with E-state index in [4.69, 9.17) is 9.26 Å². The summed E-state index contributed by atoms with van der Waals surface area (Å²) < 4.78 is 10.9. The van der Waals surface area contributed by atoms with Gasteiger partial charge in [0.25, 0.3) is 5.89 Å². The van der Waals surface area contributed by atoms with E-state index in [1.54, 1.807) is 0 Å². The highest BCUT2D eigenvalue weighted by Crippen LogP contribution is 2.20. The molecular weight excluding hydrogens is 276 g/mol. The van der Waals surface area contributed by atoms with Gasteiger partial charge in [-0.05, 0) is 23.6 Å². The van der Waals surface area contributed by atoms with Crippen LogP contribution in [0.1, 0.15) is 31.2 Å². The third kappa shape index (κ3) is 3.34. The molecule has 1 heterocycles. The van der Waals surface area contributed by atoms with Crippen LogP contribution >= 0.6 is 0 Å². The first-order valence-electron chi connectivity index (χ1n) is 7.33. The number of rotatable bonds is 5. The molecule has 0 N–H and O–H groups in total. The monoisotopic (exact) mass is 294 g/mol. The van der Waals surface area contributed by atoms with Crippen molar-refractivity contribution in [3.63, 3.8) is 0 Å². The second kappa shape index (κ2) is 6.43. The van der Waals surface area contributed by atoms with Crippen LogP contribution in [0.15, 0.2) is 59.1 Å². The topological polar surface area (TPSA) is 48.2 Å². The molecule has 0 unspecified atom stereocenters. The first-order chi connectivity index (χ1) is 10.7. The van der Waals surface area contributed by atoms with Crippen LogP contribution < -0.4 is 4.74 Å². The van der Waals surface area contributed by atoms with E-state index in [1.165, 1.54) is 5.56 Å². The summed E-state index contributed by atoms with van der Waals surface area (Å²) in [4.78, 5) is 4.34. The Kier molecular flexibility index (Phi) is 4.19. The fourth-order valence-corrected chi connectivity index (χ4v) is 2.11. The Morgan fingerprint density at radius 2 is 1.73 bits per heavy atom. The van der Waals surface area contributed by atoms with Crippen molar-refractivity contribution in [2.45, 2.75) is 26.4 Å². The molecule has 3 aromatic rings. The summed E-state index contributed by atoms with van der Waals surface area (Å²) in [6, 6.07) is 17.8. The normalized spacial score (nSPS) is 10.9. The third-order valence-electron chi connectivity index (χ3n) is 3.41. The van der Waals surface area contributed by atoms with Gasteiger partial charge in [-0.2, -0.15) is 4.98 Å². The number of hydrogen-bond donors (Lipinski definition) is 0. The number of aromatic nitrogens is 2. The molecule has 0 fully saturated rings. The maximum atomic E-state index is 5.68. The Labute approximate surface area is 129 Å². The van der Waals surface area contributed by atoms with Crippen molar-refractivity contribution in [2.24, 2.45) is 0 Å². The van der Waals surface area contributed by atoms with Gasteiger partial charge in [0.2, 0.25) is 5.82 Å². The molecule has 0 radical (unpaired) electrons. The van der Waals surface area contributed by atoms with Gasteiger partial charge >= 0.3 is 0 Å². The van der Waals surface area contributed by atoms with Crippen LogP contribution in [0.4, 0.5) is 0 Å². The summed E-state index contributed by atoms with van der Waals surface area (Å²) in [7, 11) is 0. The molecule has 0 bridgehead atoms. The van der Waals surface area contributed by atoms with Crippen molar-refractivity contribution in [3.05, 3.63) is 66.1 Å². The van der Waals surface area contributed by atoms with Gasteiger partial charge in [-0.15, -0.1) is 0 Å². The summed E-state index contributed by atoms with van der Waals surface area (Å²) in [6.07, 6.45) is 0. The molecule has 0 atom stereocenters. The SMILES string of the molecule is CC(C)c1ccc(OCc2nc(-c3ccccc3)no2)cc1. The van der Waals surface area contributed by atoms with E-state index in [-0.39, 0.29) is 6.61 Å². The van der Waals surface area contributed by atoms with Crippen LogP contribution in [0.5, 0.6) is 5.75 Å². The molecule has 0 aliphatic carbocycles. The minimum Gasteiger partial charge on any atom is -0.484 e. The van der Waals surface area contributed by atoms with E-state index in [0.717, 1.165) is 11.3 Å². The van der Waals surface area contributed by atoms with Gasteiger partial charge in [-0.1, -0.05) is 61.5 Å². The number of ether oxygens (including phenoxy) is 1. The van der Waals surface area contributed by atoms with E-state index in [1.807, 2.05) is 42.5 Å². The molecule has 22 heavy (non-hydrogen) atoms. The summed E-state index contributed by atoms with van der Waals surface area (Å²) in [5, 5.41) is 3.97. The first-order valence-corrected chi connectivity index (χ1v) is 7.33. The van der Waals surface area contributed by atoms with Crippen LogP contribution in [-0.4, -0.2) is 10.1 Å².